The summed E-state index contributed by atoms with van der Waals surface area (Å²) in [6.07, 6.45) is 0. The highest BCUT2D eigenvalue weighted by molar-refractivity contribution is 6.17. The molecule has 0 atom stereocenters. The summed E-state index contributed by atoms with van der Waals surface area (Å²) in [7, 11) is 0. The molecule has 0 saturated carbocycles. The molecule has 0 spiro atoms. The van der Waals surface area contributed by atoms with Gasteiger partial charge in [-0.25, -0.2) is 15.0 Å². The molecule has 0 radical (unpaired) electrons. The van der Waals surface area contributed by atoms with Crippen molar-refractivity contribution in [1.82, 2.24) is 19.5 Å². The number of fused-ring (bicyclic) bond motifs is 6. The SMILES string of the molecule is [2H]c1c([2H])c(-n2c3ccccc3c3cc4c(cc32)oc2ccccc24)c([2H])c([2H])c1-c1nc(-c2ccc(-c3ccccc3)cc2)nc(-c2ccc(-c3ccccc3)cc2)n1. The molecule has 3 heterocycles. The summed E-state index contributed by atoms with van der Waals surface area (Å²) in [4.78, 5) is 14.7. The van der Waals surface area contributed by atoms with E-state index >= 15 is 0 Å². The maximum atomic E-state index is 9.54. The normalized spacial score (nSPS) is 12.6. The fourth-order valence-electron chi connectivity index (χ4n) is 7.59. The van der Waals surface area contributed by atoms with Crippen molar-refractivity contribution in [3.05, 3.63) is 194 Å². The zero-order valence-corrected chi connectivity index (χ0v) is 29.9. The maximum absolute atomic E-state index is 9.54. The van der Waals surface area contributed by atoms with Gasteiger partial charge in [-0.3, -0.25) is 0 Å². The van der Waals surface area contributed by atoms with E-state index < -0.39 is 0 Å². The van der Waals surface area contributed by atoms with E-state index in [1.807, 2.05) is 144 Å². The topological polar surface area (TPSA) is 56.7 Å². The Morgan fingerprint density at radius 3 is 1.45 bits per heavy atom. The highest BCUT2D eigenvalue weighted by Gasteiger charge is 2.18. The molecule has 0 saturated heterocycles. The van der Waals surface area contributed by atoms with E-state index in [1.165, 1.54) is 0 Å². The largest absolute Gasteiger partial charge is 0.456 e. The summed E-state index contributed by atoms with van der Waals surface area (Å²) in [6, 6.07) is 54.8. The van der Waals surface area contributed by atoms with Gasteiger partial charge in [0.1, 0.15) is 11.2 Å². The Morgan fingerprint density at radius 1 is 0.357 bits per heavy atom. The Hall–Kier alpha value is -7.63. The predicted octanol–water partition coefficient (Wildman–Crippen LogP) is 13.2. The first-order valence-corrected chi connectivity index (χ1v) is 18.4. The summed E-state index contributed by atoms with van der Waals surface area (Å²) in [6.45, 7) is 0. The molecule has 0 bridgehead atoms. The fraction of sp³-hybridized carbons (Fsp3) is 0. The highest BCUT2D eigenvalue weighted by Crippen LogP contribution is 2.38. The smallest absolute Gasteiger partial charge is 0.164 e. The number of hydrogen-bond acceptors (Lipinski definition) is 4. The van der Waals surface area contributed by atoms with Crippen LogP contribution in [-0.2, 0) is 0 Å². The zero-order chi connectivity index (χ0) is 40.5. The van der Waals surface area contributed by atoms with Crippen LogP contribution in [0.2, 0.25) is 0 Å². The van der Waals surface area contributed by atoms with Gasteiger partial charge < -0.3 is 8.98 Å². The standard InChI is InChI=1S/C51H32N4O/c1-3-11-33(12-4-1)35-19-23-37(24-20-35)49-52-50(38-25-21-36(22-26-38)34-13-5-2-6-14-34)54-51(53-49)39-27-29-40(30-28-39)55-45-17-9-7-15-41(45)43-31-44-42-16-8-10-18-47(42)56-48(44)32-46(43)55/h1-32H/i27D,28D,29D,30D. The van der Waals surface area contributed by atoms with E-state index in [4.69, 9.17) is 19.4 Å². The van der Waals surface area contributed by atoms with Crippen LogP contribution < -0.4 is 0 Å². The van der Waals surface area contributed by atoms with E-state index in [2.05, 4.69) is 30.3 Å². The quantitative estimate of drug-likeness (QED) is 0.172. The maximum Gasteiger partial charge on any atom is 0.164 e. The van der Waals surface area contributed by atoms with Crippen molar-refractivity contribution in [3.8, 4) is 62.1 Å². The van der Waals surface area contributed by atoms with Gasteiger partial charge >= 0.3 is 0 Å². The Labute approximate surface area is 328 Å². The zero-order valence-electron chi connectivity index (χ0n) is 33.9. The molecule has 0 fully saturated rings. The van der Waals surface area contributed by atoms with Gasteiger partial charge in [0.2, 0.25) is 0 Å². The van der Waals surface area contributed by atoms with Gasteiger partial charge in [0.05, 0.1) is 16.5 Å². The monoisotopic (exact) mass is 720 g/mol. The molecule has 0 N–H and O–H groups in total. The lowest BCUT2D eigenvalue weighted by molar-refractivity contribution is 0.669. The summed E-state index contributed by atoms with van der Waals surface area (Å²) in [5, 5.41) is 3.79. The third-order valence-corrected chi connectivity index (χ3v) is 10.4. The van der Waals surface area contributed by atoms with Crippen LogP contribution in [0.15, 0.2) is 198 Å². The summed E-state index contributed by atoms with van der Waals surface area (Å²) >= 11 is 0. The van der Waals surface area contributed by atoms with Crippen molar-refractivity contribution in [2.75, 3.05) is 0 Å². The first-order chi connectivity index (χ1) is 29.4. The molecule has 0 amide bonds. The lowest BCUT2D eigenvalue weighted by atomic mass is 10.0. The molecular formula is C51H32N4O. The number of rotatable bonds is 6. The molecule has 0 aliphatic rings. The molecule has 0 aliphatic carbocycles. The van der Waals surface area contributed by atoms with Gasteiger partial charge in [0.25, 0.3) is 0 Å². The molecule has 8 aromatic carbocycles. The minimum absolute atomic E-state index is 0.0131. The molecule has 3 aromatic heterocycles. The van der Waals surface area contributed by atoms with Crippen LogP contribution in [0.5, 0.6) is 0 Å². The van der Waals surface area contributed by atoms with Gasteiger partial charge in [-0.2, -0.15) is 0 Å². The Balaban J connectivity index is 1.10. The van der Waals surface area contributed by atoms with Crippen molar-refractivity contribution in [2.24, 2.45) is 0 Å². The van der Waals surface area contributed by atoms with E-state index in [9.17, 15) is 5.48 Å². The van der Waals surface area contributed by atoms with Gasteiger partial charge in [0, 0.05) is 50.0 Å². The summed E-state index contributed by atoms with van der Waals surface area (Å²) in [5.41, 5.74) is 8.65. The van der Waals surface area contributed by atoms with Crippen LogP contribution in [0.25, 0.3) is 106 Å². The first-order valence-electron chi connectivity index (χ1n) is 20.4. The second-order valence-corrected chi connectivity index (χ2v) is 13.7. The minimum atomic E-state index is -0.260. The molecule has 0 aliphatic heterocycles. The molecule has 56 heavy (non-hydrogen) atoms. The number of nitrogens with zero attached hydrogens (tertiary/aromatic N) is 4. The van der Waals surface area contributed by atoms with Crippen molar-refractivity contribution >= 4 is 43.7 Å². The molecule has 262 valence electrons. The average molecular weight is 721 g/mol. The van der Waals surface area contributed by atoms with Crippen LogP contribution in [0.4, 0.5) is 0 Å². The minimum Gasteiger partial charge on any atom is -0.456 e. The van der Waals surface area contributed by atoms with Gasteiger partial charge in [-0.05, 0) is 64.6 Å². The van der Waals surface area contributed by atoms with Crippen molar-refractivity contribution in [3.63, 3.8) is 0 Å². The number of benzene rings is 8. The van der Waals surface area contributed by atoms with Crippen LogP contribution in [-0.4, -0.2) is 19.5 Å². The van der Waals surface area contributed by atoms with Gasteiger partial charge in [-0.1, -0.05) is 146 Å². The Morgan fingerprint density at radius 2 is 0.839 bits per heavy atom. The number of aromatic nitrogens is 4. The van der Waals surface area contributed by atoms with Crippen LogP contribution in [0.1, 0.15) is 5.48 Å². The third kappa shape index (κ3) is 5.45. The second kappa shape index (κ2) is 13.0. The molecule has 11 rings (SSSR count). The van der Waals surface area contributed by atoms with Gasteiger partial charge in [0.15, 0.2) is 17.5 Å². The average Bonchev–Trinajstić information content (AvgIpc) is 3.83. The van der Waals surface area contributed by atoms with E-state index in [-0.39, 0.29) is 41.2 Å². The Kier molecular flexibility index (Phi) is 6.50. The van der Waals surface area contributed by atoms with Crippen molar-refractivity contribution < 1.29 is 9.90 Å². The lowest BCUT2D eigenvalue weighted by Crippen LogP contribution is -2.00. The first kappa shape index (κ1) is 27.9. The number of para-hydroxylation sites is 2. The van der Waals surface area contributed by atoms with E-state index in [0.717, 1.165) is 66.0 Å². The van der Waals surface area contributed by atoms with Crippen LogP contribution >= 0.6 is 0 Å². The van der Waals surface area contributed by atoms with Crippen LogP contribution in [0.3, 0.4) is 0 Å². The van der Waals surface area contributed by atoms with Crippen molar-refractivity contribution in [1.29, 1.82) is 0 Å². The van der Waals surface area contributed by atoms with Crippen molar-refractivity contribution in [2.45, 2.75) is 0 Å². The molecule has 11 aromatic rings. The Bertz CT molecular complexity index is 3330. The van der Waals surface area contributed by atoms with E-state index in [0.29, 0.717) is 22.7 Å². The van der Waals surface area contributed by atoms with Crippen LogP contribution in [0, 0.1) is 0 Å². The number of hydrogen-bond donors (Lipinski definition) is 0. The molecule has 5 nitrogen and oxygen atoms in total. The summed E-state index contributed by atoms with van der Waals surface area (Å²) < 4.78 is 46.2. The molecular weight excluding hydrogens is 685 g/mol. The molecule has 5 heteroatoms. The van der Waals surface area contributed by atoms with Gasteiger partial charge in [-0.15, -0.1) is 0 Å². The highest BCUT2D eigenvalue weighted by atomic mass is 16.3. The second-order valence-electron chi connectivity index (χ2n) is 13.7. The predicted molar refractivity (Wildman–Crippen MR) is 229 cm³/mol. The fourth-order valence-corrected chi connectivity index (χ4v) is 7.59. The number of furan rings is 1. The lowest BCUT2D eigenvalue weighted by Gasteiger charge is -2.11. The molecule has 0 unspecified atom stereocenters. The third-order valence-electron chi connectivity index (χ3n) is 10.4. The van der Waals surface area contributed by atoms with E-state index in [1.54, 1.807) is 0 Å². The summed E-state index contributed by atoms with van der Waals surface area (Å²) in [5.74, 6) is 0.740.